The van der Waals surface area contributed by atoms with Gasteiger partial charge in [0.1, 0.15) is 11.6 Å². The third-order valence-electron chi connectivity index (χ3n) is 2.18. The summed E-state index contributed by atoms with van der Waals surface area (Å²) < 4.78 is 23.7. The van der Waals surface area contributed by atoms with Gasteiger partial charge in [-0.05, 0) is 25.0 Å². The van der Waals surface area contributed by atoms with Crippen LogP contribution in [0.15, 0.2) is 18.2 Å². The second-order valence-corrected chi connectivity index (χ2v) is 3.93. The molecule has 0 aliphatic rings. The predicted octanol–water partition coefficient (Wildman–Crippen LogP) is 3.22. The number of halogens is 2. The van der Waals surface area contributed by atoms with Crippen LogP contribution in [0.2, 0.25) is 0 Å². The standard InChI is InChI=1S/C14H16ClFO2/c1-17-7-2-3-8-18-14-10-12(5-4-6-15)9-13(16)11-14/h9-11H,2-3,6-8H2,1H3. The van der Waals surface area contributed by atoms with Crippen molar-refractivity contribution in [3.8, 4) is 17.6 Å². The van der Waals surface area contributed by atoms with Crippen LogP contribution in [0.1, 0.15) is 18.4 Å². The van der Waals surface area contributed by atoms with Crippen LogP contribution in [0.5, 0.6) is 5.75 Å². The van der Waals surface area contributed by atoms with Gasteiger partial charge in [0.25, 0.3) is 0 Å². The topological polar surface area (TPSA) is 18.5 Å². The van der Waals surface area contributed by atoms with Crippen LogP contribution in [0.4, 0.5) is 4.39 Å². The summed E-state index contributed by atoms with van der Waals surface area (Å²) in [6, 6.07) is 4.42. The maximum atomic E-state index is 13.3. The molecule has 2 nitrogen and oxygen atoms in total. The minimum atomic E-state index is -0.358. The number of benzene rings is 1. The zero-order chi connectivity index (χ0) is 13.2. The molecule has 18 heavy (non-hydrogen) atoms. The monoisotopic (exact) mass is 270 g/mol. The highest BCUT2D eigenvalue weighted by Crippen LogP contribution is 2.16. The fourth-order valence-corrected chi connectivity index (χ4v) is 1.46. The zero-order valence-corrected chi connectivity index (χ0v) is 11.1. The minimum absolute atomic E-state index is 0.226. The lowest BCUT2D eigenvalue weighted by Gasteiger charge is -2.06. The molecule has 0 aliphatic carbocycles. The average molecular weight is 271 g/mol. The molecule has 0 aliphatic heterocycles. The molecule has 98 valence electrons. The molecule has 1 aromatic carbocycles. The second kappa shape index (κ2) is 8.79. The number of hydrogen-bond donors (Lipinski definition) is 0. The first-order valence-electron chi connectivity index (χ1n) is 5.73. The molecule has 1 rings (SSSR count). The maximum absolute atomic E-state index is 13.3. The quantitative estimate of drug-likeness (QED) is 0.449. The number of unbranched alkanes of at least 4 members (excludes halogenated alkanes) is 1. The van der Waals surface area contributed by atoms with E-state index in [2.05, 4.69) is 11.8 Å². The molecule has 4 heteroatoms. The summed E-state index contributed by atoms with van der Waals surface area (Å²) >= 11 is 5.45. The summed E-state index contributed by atoms with van der Waals surface area (Å²) in [4.78, 5) is 0. The third-order valence-corrected chi connectivity index (χ3v) is 2.32. The summed E-state index contributed by atoms with van der Waals surface area (Å²) in [5.74, 6) is 5.80. The molecular formula is C14H16ClFO2. The fourth-order valence-electron chi connectivity index (χ4n) is 1.39. The van der Waals surface area contributed by atoms with Gasteiger partial charge in [-0.3, -0.25) is 0 Å². The van der Waals surface area contributed by atoms with Gasteiger partial charge in [0.05, 0.1) is 12.5 Å². The van der Waals surface area contributed by atoms with Crippen LogP contribution in [-0.4, -0.2) is 26.2 Å². The Labute approximate surface area is 112 Å². The van der Waals surface area contributed by atoms with Crippen LogP contribution in [0.3, 0.4) is 0 Å². The molecule has 0 fully saturated rings. The molecule has 0 spiro atoms. The summed E-state index contributed by atoms with van der Waals surface area (Å²) in [5, 5.41) is 0. The van der Waals surface area contributed by atoms with Gasteiger partial charge in [-0.15, -0.1) is 11.6 Å². The second-order valence-electron chi connectivity index (χ2n) is 3.66. The van der Waals surface area contributed by atoms with E-state index in [1.165, 1.54) is 12.1 Å². The lowest BCUT2D eigenvalue weighted by Crippen LogP contribution is -2.00. The third kappa shape index (κ3) is 5.90. The lowest BCUT2D eigenvalue weighted by molar-refractivity contribution is 0.184. The number of rotatable bonds is 6. The van der Waals surface area contributed by atoms with Crippen molar-refractivity contribution < 1.29 is 13.9 Å². The van der Waals surface area contributed by atoms with Crippen molar-refractivity contribution >= 4 is 11.6 Å². The smallest absolute Gasteiger partial charge is 0.128 e. The van der Waals surface area contributed by atoms with Gasteiger partial charge in [-0.1, -0.05) is 11.8 Å². The van der Waals surface area contributed by atoms with E-state index in [4.69, 9.17) is 21.1 Å². The van der Waals surface area contributed by atoms with Crippen LogP contribution < -0.4 is 4.74 Å². The van der Waals surface area contributed by atoms with E-state index < -0.39 is 0 Å². The SMILES string of the molecule is COCCCCOc1cc(F)cc(C#CCCl)c1. The van der Waals surface area contributed by atoms with Gasteiger partial charge < -0.3 is 9.47 Å². The highest BCUT2D eigenvalue weighted by molar-refractivity contribution is 6.19. The Morgan fingerprint density at radius 1 is 1.22 bits per heavy atom. The van der Waals surface area contributed by atoms with Gasteiger partial charge in [-0.2, -0.15) is 0 Å². The van der Waals surface area contributed by atoms with Crippen molar-refractivity contribution in [1.82, 2.24) is 0 Å². The molecule has 0 atom stereocenters. The van der Waals surface area contributed by atoms with E-state index in [1.54, 1.807) is 13.2 Å². The molecule has 0 unspecified atom stereocenters. The number of ether oxygens (including phenoxy) is 2. The highest BCUT2D eigenvalue weighted by atomic mass is 35.5. The molecule has 0 radical (unpaired) electrons. The fraction of sp³-hybridized carbons (Fsp3) is 0.429. The molecule has 0 bridgehead atoms. The molecular weight excluding hydrogens is 255 g/mol. The van der Waals surface area contributed by atoms with Crippen molar-refractivity contribution in [1.29, 1.82) is 0 Å². The van der Waals surface area contributed by atoms with Crippen LogP contribution in [0, 0.1) is 17.7 Å². The molecule has 0 amide bonds. The normalized spacial score (nSPS) is 9.72. The number of methoxy groups -OCH3 is 1. The first-order chi connectivity index (χ1) is 8.76. The Morgan fingerprint density at radius 3 is 2.72 bits per heavy atom. The summed E-state index contributed by atoms with van der Waals surface area (Å²) in [6.07, 6.45) is 1.79. The van der Waals surface area contributed by atoms with E-state index in [9.17, 15) is 4.39 Å². The Hall–Kier alpha value is -1.24. The Morgan fingerprint density at radius 2 is 2.00 bits per heavy atom. The van der Waals surface area contributed by atoms with E-state index in [0.717, 1.165) is 12.8 Å². The first-order valence-corrected chi connectivity index (χ1v) is 6.27. The Bertz CT molecular complexity index is 424. The van der Waals surface area contributed by atoms with Gasteiger partial charge in [0.15, 0.2) is 0 Å². The van der Waals surface area contributed by atoms with Gasteiger partial charge in [0.2, 0.25) is 0 Å². The van der Waals surface area contributed by atoms with Crippen LogP contribution in [0.25, 0.3) is 0 Å². The van der Waals surface area contributed by atoms with Crippen molar-refractivity contribution in [3.05, 3.63) is 29.6 Å². The van der Waals surface area contributed by atoms with Gasteiger partial charge in [0, 0.05) is 25.3 Å². The van der Waals surface area contributed by atoms with Crippen molar-refractivity contribution in [2.45, 2.75) is 12.8 Å². The van der Waals surface area contributed by atoms with Gasteiger partial charge >= 0.3 is 0 Å². The molecule has 0 heterocycles. The predicted molar refractivity (Wildman–Crippen MR) is 70.6 cm³/mol. The summed E-state index contributed by atoms with van der Waals surface area (Å²) in [6.45, 7) is 1.24. The van der Waals surface area contributed by atoms with E-state index in [0.29, 0.717) is 24.5 Å². The summed E-state index contributed by atoms with van der Waals surface area (Å²) in [7, 11) is 1.66. The van der Waals surface area contributed by atoms with E-state index >= 15 is 0 Å². The van der Waals surface area contributed by atoms with Crippen LogP contribution >= 0.6 is 11.6 Å². The zero-order valence-electron chi connectivity index (χ0n) is 10.3. The van der Waals surface area contributed by atoms with Crippen molar-refractivity contribution in [3.63, 3.8) is 0 Å². The first kappa shape index (κ1) is 14.8. The lowest BCUT2D eigenvalue weighted by atomic mass is 10.2. The van der Waals surface area contributed by atoms with Crippen molar-refractivity contribution in [2.75, 3.05) is 26.2 Å². The Balaban J connectivity index is 2.52. The largest absolute Gasteiger partial charge is 0.493 e. The van der Waals surface area contributed by atoms with Crippen molar-refractivity contribution in [2.24, 2.45) is 0 Å². The molecule has 0 aromatic heterocycles. The van der Waals surface area contributed by atoms with E-state index in [-0.39, 0.29) is 11.7 Å². The van der Waals surface area contributed by atoms with E-state index in [1.807, 2.05) is 0 Å². The van der Waals surface area contributed by atoms with Crippen LogP contribution in [-0.2, 0) is 4.74 Å². The number of hydrogen-bond acceptors (Lipinski definition) is 2. The average Bonchev–Trinajstić information content (AvgIpc) is 2.35. The Kier molecular flexibility index (Phi) is 7.24. The minimum Gasteiger partial charge on any atom is -0.493 e. The number of alkyl halides is 1. The molecule has 0 N–H and O–H groups in total. The highest BCUT2D eigenvalue weighted by Gasteiger charge is 2.00. The maximum Gasteiger partial charge on any atom is 0.128 e. The van der Waals surface area contributed by atoms with Gasteiger partial charge in [-0.25, -0.2) is 4.39 Å². The molecule has 0 saturated carbocycles. The molecule has 0 saturated heterocycles. The molecule has 1 aromatic rings. The summed E-state index contributed by atoms with van der Waals surface area (Å²) in [5.41, 5.74) is 0.572.